The molecule has 0 aliphatic heterocycles. The number of rotatable bonds is 13. The molecule has 0 saturated heterocycles. The molecule has 6 aromatic heterocycles. The molecule has 0 unspecified atom stereocenters. The standard InChI is InChI=1S/C18H20F2N6.C18H18F2N6.C16H15BrF2N6.C4H8O2.C2H3BF2.FH.K/c2*1-5-11-8-9-13(15(20)14(11)19)26-17(23-24-25-26)12-7-6-10-21-16(12)22-18(2,3)4;1-16(2,3)21-14-9(5-4-8-20-14)15-22-23-24-25(15)11-7-6-10(17)12(18)13(11)19;1-3-6-4(2)5;1-2-3(4)5;;/h6-10H,5H2,1-4H3,(H,21,22);5-10H,1H2,2-4H3,(H,21,22);4-8H,1-3H3,(H,20,21);3H2,1-2H3;2H,1H2;1H;/q;;;;;;+1/p-1. The Morgan fingerprint density at radius 2 is 0.911 bits per heavy atom. The van der Waals surface area contributed by atoms with Crippen molar-refractivity contribution in [2.75, 3.05) is 22.6 Å². The molecular weight excluding hydrogens is 1280 g/mol. The Labute approximate surface area is 565 Å². The molecular formula is C58H64BBrF9KN18O2. The Morgan fingerprint density at radius 1 is 0.567 bits per heavy atom. The summed E-state index contributed by atoms with van der Waals surface area (Å²) in [4.78, 5) is 22.8. The Bertz CT molecular complexity index is 3840. The number of nitrogens with one attached hydrogen (secondary N) is 3. The first kappa shape index (κ1) is 76.5. The van der Waals surface area contributed by atoms with Crippen molar-refractivity contribution < 1.29 is 101 Å². The first-order valence-electron chi connectivity index (χ1n) is 26.8. The maximum absolute atomic E-state index is 14.6. The fourth-order valence-corrected chi connectivity index (χ4v) is 7.75. The summed E-state index contributed by atoms with van der Waals surface area (Å²) in [6.07, 6.45) is 6.54. The summed E-state index contributed by atoms with van der Waals surface area (Å²) >= 11 is 2.96. The third-order valence-corrected chi connectivity index (χ3v) is 11.7. The van der Waals surface area contributed by atoms with Crippen LogP contribution in [0.3, 0.4) is 0 Å². The van der Waals surface area contributed by atoms with Gasteiger partial charge in [-0.3, -0.25) is 13.4 Å². The number of halogens is 10. The minimum atomic E-state index is -2.35. The number of pyridine rings is 3. The molecule has 0 aliphatic rings. The average Bonchev–Trinajstić information content (AvgIpc) is 1.59. The van der Waals surface area contributed by atoms with E-state index in [0.717, 1.165) is 9.36 Å². The van der Waals surface area contributed by atoms with Crippen molar-refractivity contribution in [1.29, 1.82) is 0 Å². The van der Waals surface area contributed by atoms with E-state index in [1.807, 2.05) is 62.3 Å². The van der Waals surface area contributed by atoms with Crippen LogP contribution in [0.4, 0.5) is 52.4 Å². The molecule has 0 bridgehead atoms. The zero-order chi connectivity index (χ0) is 65.3. The van der Waals surface area contributed by atoms with Crippen LogP contribution in [-0.2, 0) is 16.0 Å². The molecule has 20 nitrogen and oxygen atoms in total. The van der Waals surface area contributed by atoms with Gasteiger partial charge in [-0.2, -0.15) is 14.0 Å². The number of hydrogen-bond acceptors (Lipinski definition) is 17. The van der Waals surface area contributed by atoms with Gasteiger partial charge >= 0.3 is 64.6 Å². The average molecular weight is 1350 g/mol. The van der Waals surface area contributed by atoms with Crippen molar-refractivity contribution in [3.63, 3.8) is 0 Å². The number of carbonyl (C=O) groups excluding carboxylic acids is 1. The normalized spacial score (nSPS) is 10.8. The molecule has 32 heteroatoms. The number of benzene rings is 3. The predicted octanol–water partition coefficient (Wildman–Crippen LogP) is 7.32. The number of esters is 1. The number of aryl methyl sites for hydroxylation is 1. The summed E-state index contributed by atoms with van der Waals surface area (Å²) < 4.78 is 115. The molecule has 0 atom stereocenters. The van der Waals surface area contributed by atoms with Crippen LogP contribution >= 0.6 is 15.9 Å². The molecule has 0 aliphatic carbocycles. The SMILES string of the molecule is C=CB(F)F.C=Cc1ccc(-n2nnnc2-c2cccnc2NC(C)(C)C)c(F)c1F.CC(C)(C)Nc1ncccc1-c1nnnn1-c1ccc(Br)c(F)c1F.CCOC(C)=O.CCc1ccc(-n2nnnc2-c2cccnc2NC(C)(C)C)c(F)c1F.[F-].[K+]. The number of hydrogen-bond donors (Lipinski definition) is 3. The minimum Gasteiger partial charge on any atom is -1.00 e. The van der Waals surface area contributed by atoms with Gasteiger partial charge in [0.1, 0.15) is 34.5 Å². The summed E-state index contributed by atoms with van der Waals surface area (Å²) in [5.74, 6) is -3.18. The number of tetrazole rings is 3. The summed E-state index contributed by atoms with van der Waals surface area (Å²) in [6.45, 7) is 29.6. The van der Waals surface area contributed by atoms with Crippen LogP contribution in [0.15, 0.2) is 115 Å². The summed E-state index contributed by atoms with van der Waals surface area (Å²) in [5, 5.41) is 44.1. The van der Waals surface area contributed by atoms with Gasteiger partial charge in [-0.05, 0) is 195 Å². The number of aromatic nitrogens is 15. The maximum Gasteiger partial charge on any atom is 1.00 e. The number of anilines is 3. The first-order valence-corrected chi connectivity index (χ1v) is 27.6. The topological polar surface area (TPSA) is 232 Å². The summed E-state index contributed by atoms with van der Waals surface area (Å²) in [5.41, 5.74) is 1.10. The van der Waals surface area contributed by atoms with Crippen LogP contribution in [-0.4, -0.2) is 112 Å². The Morgan fingerprint density at radius 3 is 1.22 bits per heavy atom. The first-order chi connectivity index (χ1) is 41.4. The van der Waals surface area contributed by atoms with Gasteiger partial charge in [0.2, 0.25) is 0 Å². The van der Waals surface area contributed by atoms with E-state index >= 15 is 0 Å². The molecule has 0 spiro atoms. The zero-order valence-corrected chi connectivity index (χ0v) is 56.2. The number of nitrogens with zero attached hydrogens (tertiary/aromatic N) is 15. The van der Waals surface area contributed by atoms with E-state index in [1.54, 1.807) is 68.8 Å². The van der Waals surface area contributed by atoms with E-state index in [0.29, 0.717) is 58.7 Å². The molecule has 90 heavy (non-hydrogen) atoms. The van der Waals surface area contributed by atoms with Crippen LogP contribution in [0.1, 0.15) is 94.2 Å². The van der Waals surface area contributed by atoms with Crippen LogP contribution < -0.4 is 72.0 Å². The van der Waals surface area contributed by atoms with E-state index in [2.05, 4.69) is 111 Å². The van der Waals surface area contributed by atoms with E-state index in [-0.39, 0.29) is 123 Å². The molecule has 472 valence electrons. The number of carbonyl (C=O) groups is 1. The number of ether oxygens (including phenoxy) is 1. The monoisotopic (exact) mass is 1340 g/mol. The fraction of sp³-hybridized carbons (Fsp3) is 0.293. The van der Waals surface area contributed by atoms with Crippen molar-refractivity contribution in [3.8, 4) is 51.2 Å². The molecule has 9 rings (SSSR count). The fourth-order valence-electron chi connectivity index (χ4n) is 7.45. The van der Waals surface area contributed by atoms with Gasteiger partial charge < -0.3 is 25.4 Å². The Kier molecular flexibility index (Phi) is 29.2. The van der Waals surface area contributed by atoms with Gasteiger partial charge in [0.15, 0.2) is 52.4 Å². The van der Waals surface area contributed by atoms with Gasteiger partial charge in [-0.1, -0.05) is 31.6 Å². The van der Waals surface area contributed by atoms with Crippen LogP contribution in [0, 0.1) is 34.9 Å². The molecule has 0 saturated carbocycles. The molecule has 0 fully saturated rings. The Hall–Kier alpha value is -7.78. The van der Waals surface area contributed by atoms with E-state index in [4.69, 9.17) is 0 Å². The molecule has 3 N–H and O–H groups in total. The van der Waals surface area contributed by atoms with Gasteiger partial charge in [-0.25, -0.2) is 41.3 Å². The predicted molar refractivity (Wildman–Crippen MR) is 325 cm³/mol. The molecule has 6 heterocycles. The van der Waals surface area contributed by atoms with Crippen molar-refractivity contribution in [2.45, 2.75) is 106 Å². The van der Waals surface area contributed by atoms with Crippen molar-refractivity contribution in [2.24, 2.45) is 0 Å². The van der Waals surface area contributed by atoms with E-state index < -0.39 is 42.2 Å². The van der Waals surface area contributed by atoms with Gasteiger partial charge in [0.25, 0.3) is 0 Å². The second-order valence-electron chi connectivity index (χ2n) is 21.5. The molecule has 0 amide bonds. The van der Waals surface area contributed by atoms with Crippen LogP contribution in [0.25, 0.3) is 57.3 Å². The second kappa shape index (κ2) is 34.4. The third-order valence-electron chi connectivity index (χ3n) is 11.1. The third kappa shape index (κ3) is 21.2. The van der Waals surface area contributed by atoms with Crippen LogP contribution in [0.2, 0.25) is 0 Å². The van der Waals surface area contributed by atoms with Gasteiger partial charge in [0, 0.05) is 47.7 Å². The van der Waals surface area contributed by atoms with Gasteiger partial charge in [0.05, 0.1) is 27.8 Å². The minimum absolute atomic E-state index is 0. The summed E-state index contributed by atoms with van der Waals surface area (Å²) in [6, 6.07) is 19.1. The Balaban J connectivity index is 0.000000321. The zero-order valence-electron chi connectivity index (χ0n) is 51.5. The summed E-state index contributed by atoms with van der Waals surface area (Å²) in [7, 11) is -2.35. The quantitative estimate of drug-likeness (QED) is 0.0444. The maximum atomic E-state index is 14.6. The molecule has 0 radical (unpaired) electrons. The molecule has 9 aromatic rings. The second-order valence-corrected chi connectivity index (χ2v) is 22.3. The van der Waals surface area contributed by atoms with Crippen molar-refractivity contribution in [1.82, 2.24) is 75.6 Å². The smallest absolute Gasteiger partial charge is 1.00 e. The molecule has 3 aromatic carbocycles. The van der Waals surface area contributed by atoms with Crippen molar-refractivity contribution >= 4 is 52.7 Å². The van der Waals surface area contributed by atoms with Crippen molar-refractivity contribution in [3.05, 3.63) is 161 Å². The van der Waals surface area contributed by atoms with Gasteiger partial charge in [-0.15, -0.1) is 21.9 Å². The van der Waals surface area contributed by atoms with E-state index in [9.17, 15) is 39.8 Å². The van der Waals surface area contributed by atoms with Crippen LogP contribution in [0.5, 0.6) is 0 Å². The van der Waals surface area contributed by atoms with E-state index in [1.165, 1.54) is 54.1 Å². The largest absolute Gasteiger partial charge is 1.00 e.